The number of hydrogen-bond acceptors (Lipinski definition) is 2. The summed E-state index contributed by atoms with van der Waals surface area (Å²) in [5.74, 6) is -0.0395. The van der Waals surface area contributed by atoms with Crippen molar-refractivity contribution < 1.29 is 10.2 Å². The van der Waals surface area contributed by atoms with E-state index in [-0.39, 0.29) is 11.5 Å². The van der Waals surface area contributed by atoms with Crippen LogP contribution in [0.15, 0.2) is 18.3 Å². The molecule has 0 bridgehead atoms. The number of aryl methyl sites for hydroxylation is 1. The van der Waals surface area contributed by atoms with Gasteiger partial charge in [-0.2, -0.15) is 0 Å². The third-order valence-electron chi connectivity index (χ3n) is 2.41. The van der Waals surface area contributed by atoms with Crippen LogP contribution in [0.3, 0.4) is 0 Å². The zero-order chi connectivity index (χ0) is 10.1. The van der Waals surface area contributed by atoms with E-state index in [9.17, 15) is 10.2 Å². The molecule has 2 aromatic rings. The number of aromatic hydroxyl groups is 2. The summed E-state index contributed by atoms with van der Waals surface area (Å²) >= 11 is 0. The Balaban J connectivity index is 2.73. The summed E-state index contributed by atoms with van der Waals surface area (Å²) in [6.07, 6.45) is 3.52. The van der Waals surface area contributed by atoms with Crippen molar-refractivity contribution in [2.75, 3.05) is 0 Å². The minimum Gasteiger partial charge on any atom is -0.504 e. The molecule has 0 aliphatic heterocycles. The monoisotopic (exact) mass is 191 g/mol. The quantitative estimate of drug-likeness (QED) is 0.639. The number of benzene rings is 1. The summed E-state index contributed by atoms with van der Waals surface area (Å²) in [6, 6.07) is 3.46. The van der Waals surface area contributed by atoms with Crippen LogP contribution in [0.4, 0.5) is 0 Å². The first-order valence-corrected chi connectivity index (χ1v) is 4.75. The molecule has 0 unspecified atom stereocenters. The van der Waals surface area contributed by atoms with Gasteiger partial charge in [0.15, 0.2) is 11.5 Å². The van der Waals surface area contributed by atoms with Crippen molar-refractivity contribution in [2.45, 2.75) is 19.8 Å². The molecule has 1 aromatic carbocycles. The van der Waals surface area contributed by atoms with Crippen molar-refractivity contribution in [3.05, 3.63) is 23.9 Å². The number of phenolic OH excluding ortho intramolecular Hbond substituents is 2. The van der Waals surface area contributed by atoms with Crippen molar-refractivity contribution in [2.24, 2.45) is 0 Å². The number of nitrogens with one attached hydrogen (secondary N) is 1. The Bertz CT molecular complexity index is 460. The zero-order valence-electron chi connectivity index (χ0n) is 8.04. The van der Waals surface area contributed by atoms with E-state index < -0.39 is 0 Å². The fourth-order valence-corrected chi connectivity index (χ4v) is 1.76. The predicted molar refractivity (Wildman–Crippen MR) is 55.6 cm³/mol. The van der Waals surface area contributed by atoms with Gasteiger partial charge in [-0.1, -0.05) is 13.3 Å². The number of aromatic nitrogens is 1. The van der Waals surface area contributed by atoms with E-state index >= 15 is 0 Å². The van der Waals surface area contributed by atoms with Gasteiger partial charge in [-0.3, -0.25) is 0 Å². The lowest BCUT2D eigenvalue weighted by molar-refractivity contribution is 0.400. The van der Waals surface area contributed by atoms with Crippen LogP contribution < -0.4 is 0 Å². The summed E-state index contributed by atoms with van der Waals surface area (Å²) < 4.78 is 0. The average molecular weight is 191 g/mol. The molecule has 0 saturated carbocycles. The molecular weight excluding hydrogens is 178 g/mol. The molecular formula is C11H13NO2. The second-order valence-electron chi connectivity index (χ2n) is 3.41. The molecule has 2 rings (SSSR count). The van der Waals surface area contributed by atoms with Crippen molar-refractivity contribution in [1.29, 1.82) is 0 Å². The Morgan fingerprint density at radius 2 is 2.14 bits per heavy atom. The van der Waals surface area contributed by atoms with Crippen LogP contribution in [0.2, 0.25) is 0 Å². The van der Waals surface area contributed by atoms with Crippen molar-refractivity contribution in [3.63, 3.8) is 0 Å². The van der Waals surface area contributed by atoms with Crippen LogP contribution in [-0.2, 0) is 6.42 Å². The van der Waals surface area contributed by atoms with Crippen LogP contribution in [0.5, 0.6) is 11.5 Å². The Labute approximate surface area is 82.0 Å². The second-order valence-corrected chi connectivity index (χ2v) is 3.41. The second kappa shape index (κ2) is 3.25. The molecule has 0 aliphatic rings. The summed E-state index contributed by atoms with van der Waals surface area (Å²) in [5, 5.41) is 20.1. The first kappa shape index (κ1) is 8.94. The van der Waals surface area contributed by atoms with Crippen LogP contribution in [0, 0.1) is 0 Å². The number of fused-ring (bicyclic) bond motifs is 1. The molecule has 0 radical (unpaired) electrons. The van der Waals surface area contributed by atoms with Crippen LogP contribution >= 0.6 is 0 Å². The lowest BCUT2D eigenvalue weighted by Gasteiger charge is -2.06. The van der Waals surface area contributed by atoms with E-state index in [0.717, 1.165) is 29.3 Å². The molecule has 0 fully saturated rings. The minimum absolute atomic E-state index is 0.0129. The summed E-state index contributed by atoms with van der Waals surface area (Å²) in [5.41, 5.74) is 1.69. The Kier molecular flexibility index (Phi) is 2.08. The van der Waals surface area contributed by atoms with Gasteiger partial charge in [-0.05, 0) is 12.5 Å². The highest BCUT2D eigenvalue weighted by atomic mass is 16.3. The molecule has 1 heterocycles. The highest BCUT2D eigenvalue weighted by molar-refractivity contribution is 5.87. The van der Waals surface area contributed by atoms with Gasteiger partial charge in [-0.25, -0.2) is 0 Å². The van der Waals surface area contributed by atoms with E-state index in [2.05, 4.69) is 4.98 Å². The fourth-order valence-electron chi connectivity index (χ4n) is 1.76. The number of aromatic amines is 1. The third kappa shape index (κ3) is 1.21. The maximum Gasteiger partial charge on any atom is 0.161 e. The zero-order valence-corrected chi connectivity index (χ0v) is 8.04. The summed E-state index contributed by atoms with van der Waals surface area (Å²) in [6.45, 7) is 2.04. The van der Waals surface area contributed by atoms with Crippen LogP contribution in [-0.4, -0.2) is 15.2 Å². The molecule has 14 heavy (non-hydrogen) atoms. The van der Waals surface area contributed by atoms with E-state index in [1.54, 1.807) is 6.07 Å². The summed E-state index contributed by atoms with van der Waals surface area (Å²) in [4.78, 5) is 3.02. The van der Waals surface area contributed by atoms with Gasteiger partial charge >= 0.3 is 0 Å². The predicted octanol–water partition coefficient (Wildman–Crippen LogP) is 2.53. The molecule has 74 valence electrons. The maximum absolute atomic E-state index is 9.68. The molecule has 1 aromatic heterocycles. The van der Waals surface area contributed by atoms with Gasteiger partial charge in [0.25, 0.3) is 0 Å². The average Bonchev–Trinajstić information content (AvgIpc) is 2.60. The van der Waals surface area contributed by atoms with Crippen molar-refractivity contribution >= 4 is 10.9 Å². The lowest BCUT2D eigenvalue weighted by Crippen LogP contribution is -1.86. The smallest absolute Gasteiger partial charge is 0.161 e. The van der Waals surface area contributed by atoms with Gasteiger partial charge in [0.05, 0.1) is 0 Å². The third-order valence-corrected chi connectivity index (χ3v) is 2.41. The lowest BCUT2D eigenvalue weighted by atomic mass is 10.0. The molecule has 3 heteroatoms. The molecule has 0 atom stereocenters. The van der Waals surface area contributed by atoms with E-state index in [4.69, 9.17) is 0 Å². The fraction of sp³-hybridized carbons (Fsp3) is 0.273. The van der Waals surface area contributed by atoms with Gasteiger partial charge in [0, 0.05) is 28.7 Å². The van der Waals surface area contributed by atoms with E-state index in [1.807, 2.05) is 19.2 Å². The van der Waals surface area contributed by atoms with Crippen LogP contribution in [0.25, 0.3) is 10.9 Å². The minimum atomic E-state index is -0.0524. The summed E-state index contributed by atoms with van der Waals surface area (Å²) in [7, 11) is 0. The molecule has 0 saturated heterocycles. The molecule has 3 N–H and O–H groups in total. The highest BCUT2D eigenvalue weighted by Gasteiger charge is 2.11. The van der Waals surface area contributed by atoms with Crippen molar-refractivity contribution in [3.8, 4) is 11.5 Å². The van der Waals surface area contributed by atoms with Crippen LogP contribution in [0.1, 0.15) is 18.9 Å². The topological polar surface area (TPSA) is 56.2 Å². The van der Waals surface area contributed by atoms with Gasteiger partial charge in [0.1, 0.15) is 0 Å². The molecule has 0 amide bonds. The van der Waals surface area contributed by atoms with Gasteiger partial charge in [-0.15, -0.1) is 0 Å². The van der Waals surface area contributed by atoms with E-state index in [0.29, 0.717) is 0 Å². The normalized spacial score (nSPS) is 10.9. The molecule has 0 spiro atoms. The largest absolute Gasteiger partial charge is 0.504 e. The van der Waals surface area contributed by atoms with Crippen molar-refractivity contribution in [1.82, 2.24) is 4.98 Å². The van der Waals surface area contributed by atoms with E-state index in [1.165, 1.54) is 0 Å². The molecule has 0 aliphatic carbocycles. The number of H-pyrrole nitrogens is 1. The first-order valence-electron chi connectivity index (χ1n) is 4.75. The first-order chi connectivity index (χ1) is 6.74. The number of hydrogen-bond donors (Lipinski definition) is 3. The maximum atomic E-state index is 9.68. The number of phenols is 2. The SMILES string of the molecule is CCCc1c(O)c(O)cc2[nH]ccc12. The van der Waals surface area contributed by atoms with Gasteiger partial charge < -0.3 is 15.2 Å². The number of rotatable bonds is 2. The van der Waals surface area contributed by atoms with Gasteiger partial charge in [0.2, 0.25) is 0 Å². The Morgan fingerprint density at radius 1 is 1.36 bits per heavy atom. The molecule has 3 nitrogen and oxygen atoms in total. The Morgan fingerprint density at radius 3 is 2.86 bits per heavy atom. The standard InChI is InChI=1S/C11H13NO2/c1-2-3-8-7-4-5-12-9(7)6-10(13)11(8)14/h4-6,12-14H,2-3H2,1H3. The highest BCUT2D eigenvalue weighted by Crippen LogP contribution is 2.35. The Hall–Kier alpha value is -1.64.